The maximum Gasteiger partial charge on any atom is 0.264 e. The third kappa shape index (κ3) is 9.13. The van der Waals surface area contributed by atoms with Gasteiger partial charge in [0.2, 0.25) is 10.0 Å². The van der Waals surface area contributed by atoms with Crippen LogP contribution in [-0.4, -0.2) is 107 Å². The summed E-state index contributed by atoms with van der Waals surface area (Å²) in [5, 5.41) is -0.0721. The number of fused-ring (bicyclic) bond motifs is 3. The number of sulfonamides is 1. The molecule has 2 aromatic rings. The van der Waals surface area contributed by atoms with Gasteiger partial charge in [-0.25, -0.2) is 13.1 Å². The smallest absolute Gasteiger partial charge is 0.264 e. The maximum absolute atomic E-state index is 13.6. The van der Waals surface area contributed by atoms with E-state index in [4.69, 9.17) is 25.8 Å². The summed E-state index contributed by atoms with van der Waals surface area (Å²) in [6.45, 7) is 15.2. The van der Waals surface area contributed by atoms with Crippen molar-refractivity contribution in [2.45, 2.75) is 89.2 Å². The first kappa shape index (κ1) is 41.0. The van der Waals surface area contributed by atoms with Crippen molar-refractivity contribution >= 4 is 33.2 Å². The number of methoxy groups -OCH3 is 2. The number of ether oxygens (including phenoxy) is 3. The van der Waals surface area contributed by atoms with Crippen molar-refractivity contribution in [1.29, 1.82) is 0 Å². The van der Waals surface area contributed by atoms with E-state index in [1.54, 1.807) is 20.1 Å². The molecule has 12 heteroatoms. The highest BCUT2D eigenvalue weighted by atomic mass is 35.5. The van der Waals surface area contributed by atoms with Gasteiger partial charge in [0, 0.05) is 76.2 Å². The van der Waals surface area contributed by atoms with Crippen LogP contribution in [0, 0.1) is 17.8 Å². The van der Waals surface area contributed by atoms with Crippen LogP contribution in [0.25, 0.3) is 0 Å². The lowest BCUT2D eigenvalue weighted by atomic mass is 9.63. The highest BCUT2D eigenvalue weighted by molar-refractivity contribution is 7.90. The molecule has 0 spiro atoms. The zero-order valence-electron chi connectivity index (χ0n) is 33.1. The summed E-state index contributed by atoms with van der Waals surface area (Å²) in [4.78, 5) is 21.1. The average molecular weight is 785 g/mol. The van der Waals surface area contributed by atoms with Crippen LogP contribution >= 0.6 is 11.6 Å². The molecule has 5 atom stereocenters. The highest BCUT2D eigenvalue weighted by Gasteiger charge is 2.48. The van der Waals surface area contributed by atoms with E-state index in [-0.39, 0.29) is 17.4 Å². The summed E-state index contributed by atoms with van der Waals surface area (Å²) < 4.78 is 48.4. The molecule has 2 fully saturated rings. The number of hydrogen-bond donors (Lipinski definition) is 1. The lowest BCUT2D eigenvalue weighted by Gasteiger charge is -2.52. The Bertz CT molecular complexity index is 1760. The number of piperazine rings is 1. The zero-order chi connectivity index (χ0) is 38.7. The number of hydrogen-bond acceptors (Lipinski definition) is 9. The molecule has 1 amide bonds. The first-order valence-electron chi connectivity index (χ1n) is 19.8. The van der Waals surface area contributed by atoms with Crippen molar-refractivity contribution in [2.24, 2.45) is 17.8 Å². The van der Waals surface area contributed by atoms with Crippen LogP contribution in [0.3, 0.4) is 0 Å². The van der Waals surface area contributed by atoms with E-state index in [0.717, 1.165) is 89.2 Å². The summed E-state index contributed by atoms with van der Waals surface area (Å²) >= 11 is 6.41. The van der Waals surface area contributed by atoms with E-state index >= 15 is 0 Å². The number of nitrogens with zero attached hydrogens (tertiary/aromatic N) is 3. The van der Waals surface area contributed by atoms with Gasteiger partial charge in [-0.2, -0.15) is 0 Å². The first-order valence-corrected chi connectivity index (χ1v) is 21.7. The van der Waals surface area contributed by atoms with Crippen LogP contribution in [0.4, 0.5) is 5.69 Å². The molecule has 2 aromatic carbocycles. The second-order valence-corrected chi connectivity index (χ2v) is 19.2. The summed E-state index contributed by atoms with van der Waals surface area (Å²) in [6.07, 6.45) is 9.84. The summed E-state index contributed by atoms with van der Waals surface area (Å²) in [7, 11) is -0.356. The molecule has 0 aromatic heterocycles. The monoisotopic (exact) mass is 784 g/mol. The summed E-state index contributed by atoms with van der Waals surface area (Å²) in [5.41, 5.74) is 2.80. The molecule has 298 valence electrons. The van der Waals surface area contributed by atoms with Gasteiger partial charge >= 0.3 is 0 Å². The molecule has 0 radical (unpaired) electrons. The van der Waals surface area contributed by atoms with Gasteiger partial charge in [-0.05, 0) is 119 Å². The van der Waals surface area contributed by atoms with Crippen LogP contribution < -0.4 is 14.4 Å². The van der Waals surface area contributed by atoms with E-state index in [9.17, 15) is 13.2 Å². The highest BCUT2D eigenvalue weighted by Crippen LogP contribution is 2.47. The predicted molar refractivity (Wildman–Crippen MR) is 216 cm³/mol. The second kappa shape index (κ2) is 17.2. The van der Waals surface area contributed by atoms with E-state index in [0.29, 0.717) is 41.9 Å². The molecule has 1 saturated carbocycles. The SMILES string of the molecule is COCC(C)(C)N1CCN(C[C@@]2(OC)/C=C/C[C@H](C)[C@@H](C)S(=O)(=O)NC(=O)c3ccc4c(c3)N(CCCCc3cc(Cl)ccc3CO4)C[C@@H]3CC[C@H]32)CC1. The Kier molecular flexibility index (Phi) is 13.1. The third-order valence-corrected chi connectivity index (χ3v) is 14.9. The lowest BCUT2D eigenvalue weighted by Crippen LogP contribution is -2.61. The van der Waals surface area contributed by atoms with Crippen molar-refractivity contribution in [3.8, 4) is 5.75 Å². The van der Waals surface area contributed by atoms with Crippen molar-refractivity contribution in [1.82, 2.24) is 14.5 Å². The molecule has 1 aliphatic carbocycles. The fraction of sp³-hybridized carbons (Fsp3) is 0.643. The Labute approximate surface area is 328 Å². The molecular formula is C42H61ClN4O6S. The number of benzene rings is 2. The molecule has 3 heterocycles. The van der Waals surface area contributed by atoms with Gasteiger partial charge in [0.05, 0.1) is 17.5 Å². The number of allylic oxidation sites excluding steroid dienone is 1. The standard InChI is InChI=1S/C42H61ClN4O6S/c1-30-10-9-18-42(52-6,28-45-20-22-47(23-21-45)41(3,4)29-51-5)37-16-13-34(37)26-46-19-8-7-11-32-24-36(43)15-12-35(32)27-53-39-17-14-33(25-38(39)46)40(48)44-54(49,50)31(30)2/h9,12,14-15,17-18,24-25,30-31,34,37H,7-8,10-11,13,16,19-23,26-29H2,1-6H3,(H,44,48)/b18-9+/t30-,31+,34-,37+,42-/m0/s1. The number of amides is 1. The number of halogens is 1. The van der Waals surface area contributed by atoms with Crippen molar-refractivity contribution < 1.29 is 27.4 Å². The van der Waals surface area contributed by atoms with E-state index < -0.39 is 26.8 Å². The first-order chi connectivity index (χ1) is 25.7. The van der Waals surface area contributed by atoms with Crippen LogP contribution in [0.2, 0.25) is 5.02 Å². The molecule has 54 heavy (non-hydrogen) atoms. The topological polar surface area (TPSA) is 101 Å². The van der Waals surface area contributed by atoms with Crippen LogP contribution in [0.1, 0.15) is 81.3 Å². The number of nitrogens with one attached hydrogen (secondary N) is 1. The number of rotatable bonds is 6. The number of aryl methyl sites for hydroxylation is 1. The van der Waals surface area contributed by atoms with Crippen LogP contribution in [0.15, 0.2) is 48.6 Å². The van der Waals surface area contributed by atoms with Crippen molar-refractivity contribution in [3.05, 3.63) is 70.3 Å². The number of carbonyl (C=O) groups is 1. The summed E-state index contributed by atoms with van der Waals surface area (Å²) in [5.74, 6) is 0.411. The van der Waals surface area contributed by atoms with Gasteiger partial charge in [-0.1, -0.05) is 36.7 Å². The Morgan fingerprint density at radius 2 is 1.78 bits per heavy atom. The van der Waals surface area contributed by atoms with Gasteiger partial charge in [-0.15, -0.1) is 0 Å². The van der Waals surface area contributed by atoms with Gasteiger partial charge in [0.25, 0.3) is 5.91 Å². The molecule has 0 unspecified atom stereocenters. The molecule has 4 aliphatic rings. The van der Waals surface area contributed by atoms with Crippen molar-refractivity contribution in [3.63, 3.8) is 0 Å². The predicted octanol–water partition coefficient (Wildman–Crippen LogP) is 6.56. The quantitative estimate of drug-likeness (QED) is 0.327. The normalized spacial score (nSPS) is 29.4. The second-order valence-electron chi connectivity index (χ2n) is 16.7. The van der Waals surface area contributed by atoms with Crippen LogP contribution in [-0.2, 0) is 32.5 Å². The molecule has 2 bridgehead atoms. The minimum Gasteiger partial charge on any atom is -0.487 e. The average Bonchev–Trinajstić information content (AvgIpc) is 3.15. The molecule has 3 aliphatic heterocycles. The maximum atomic E-state index is 13.6. The fourth-order valence-corrected chi connectivity index (χ4v) is 10.4. The van der Waals surface area contributed by atoms with Gasteiger partial charge in [0.1, 0.15) is 18.0 Å². The van der Waals surface area contributed by atoms with Crippen LogP contribution in [0.5, 0.6) is 5.75 Å². The lowest BCUT2D eigenvalue weighted by molar-refractivity contribution is -0.0992. The Morgan fingerprint density at radius 1 is 1.00 bits per heavy atom. The molecule has 1 saturated heterocycles. The van der Waals surface area contributed by atoms with E-state index in [2.05, 4.69) is 45.4 Å². The van der Waals surface area contributed by atoms with Gasteiger partial charge in [-0.3, -0.25) is 14.6 Å². The Hall–Kier alpha value is -2.67. The van der Waals surface area contributed by atoms with Crippen molar-refractivity contribution in [2.75, 3.05) is 71.5 Å². The largest absolute Gasteiger partial charge is 0.487 e. The molecule has 6 rings (SSSR count). The zero-order valence-corrected chi connectivity index (χ0v) is 34.7. The number of anilines is 1. The van der Waals surface area contributed by atoms with E-state index in [1.807, 2.05) is 44.4 Å². The third-order valence-electron chi connectivity index (χ3n) is 12.7. The Balaban J connectivity index is 1.35. The van der Waals surface area contributed by atoms with Gasteiger partial charge < -0.3 is 19.1 Å². The molecule has 1 N–H and O–H groups in total. The van der Waals surface area contributed by atoms with E-state index in [1.165, 1.54) is 5.56 Å². The minimum absolute atomic E-state index is 0.0357. The molecular weight excluding hydrogens is 724 g/mol. The molecule has 10 nitrogen and oxygen atoms in total. The van der Waals surface area contributed by atoms with Gasteiger partial charge in [0.15, 0.2) is 0 Å². The Morgan fingerprint density at radius 3 is 2.48 bits per heavy atom. The fourth-order valence-electron chi connectivity index (χ4n) is 8.94. The minimum atomic E-state index is -3.97. The number of carbonyl (C=O) groups excluding carboxylic acids is 1. The summed E-state index contributed by atoms with van der Waals surface area (Å²) in [6, 6.07) is 11.3.